The van der Waals surface area contributed by atoms with E-state index in [9.17, 15) is 0 Å². The zero-order chi connectivity index (χ0) is 16.3. The average Bonchev–Trinajstić information content (AvgIpc) is 2.87. The van der Waals surface area contributed by atoms with Crippen molar-refractivity contribution in [2.45, 2.75) is 52.7 Å². The highest BCUT2D eigenvalue weighted by molar-refractivity contribution is 5.21. The molecule has 2 rings (SSSR count). The Hall–Kier alpha value is -1.88. The summed E-state index contributed by atoms with van der Waals surface area (Å²) < 4.78 is 7.10. The zero-order valence-corrected chi connectivity index (χ0v) is 14.3. The molecule has 0 aliphatic carbocycles. The van der Waals surface area contributed by atoms with Crippen molar-refractivity contribution in [1.82, 2.24) is 20.1 Å². The summed E-state index contributed by atoms with van der Waals surface area (Å²) in [6, 6.07) is 4.14. The minimum absolute atomic E-state index is 0.00261. The second-order valence-corrected chi connectivity index (χ2v) is 6.60. The predicted molar refractivity (Wildman–Crippen MR) is 88.0 cm³/mol. The molecule has 0 fully saturated rings. The summed E-state index contributed by atoms with van der Waals surface area (Å²) in [5, 5.41) is 8.15. The number of hydrogen-bond acceptors (Lipinski definition) is 4. The highest BCUT2D eigenvalue weighted by Gasteiger charge is 2.18. The number of nitrogens with one attached hydrogen (secondary N) is 1. The third kappa shape index (κ3) is 3.85. The molecule has 0 spiro atoms. The van der Waals surface area contributed by atoms with Gasteiger partial charge in [0.15, 0.2) is 0 Å². The average molecular weight is 302 g/mol. The third-order valence-electron chi connectivity index (χ3n) is 3.71. The van der Waals surface area contributed by atoms with E-state index in [1.165, 1.54) is 5.56 Å². The van der Waals surface area contributed by atoms with Gasteiger partial charge in [-0.25, -0.2) is 4.98 Å². The van der Waals surface area contributed by atoms with E-state index in [1.807, 2.05) is 23.0 Å². The molecule has 2 heterocycles. The maximum Gasteiger partial charge on any atom is 0.212 e. The lowest BCUT2D eigenvalue weighted by molar-refractivity contribution is 0.353. The molecule has 0 aliphatic heterocycles. The lowest BCUT2D eigenvalue weighted by Crippen LogP contribution is -2.22. The van der Waals surface area contributed by atoms with Crippen LogP contribution in [0, 0.1) is 6.92 Å². The van der Waals surface area contributed by atoms with Crippen molar-refractivity contribution in [3.05, 3.63) is 41.3 Å². The maximum absolute atomic E-state index is 5.07. The van der Waals surface area contributed by atoms with Gasteiger partial charge in [-0.3, -0.25) is 4.68 Å². The number of ether oxygens (including phenoxy) is 1. The Morgan fingerprint density at radius 3 is 2.55 bits per heavy atom. The van der Waals surface area contributed by atoms with Crippen molar-refractivity contribution in [2.75, 3.05) is 7.11 Å². The summed E-state index contributed by atoms with van der Waals surface area (Å²) in [4.78, 5) is 4.22. The first-order valence-corrected chi connectivity index (χ1v) is 7.60. The van der Waals surface area contributed by atoms with E-state index in [1.54, 1.807) is 7.11 Å². The zero-order valence-electron chi connectivity index (χ0n) is 14.3. The topological polar surface area (TPSA) is 52.0 Å². The number of nitrogens with zero attached hydrogens (tertiary/aromatic N) is 3. The molecule has 0 aliphatic rings. The summed E-state index contributed by atoms with van der Waals surface area (Å²) in [5.74, 6) is 0.638. The standard InChI is InChI=1S/C17H26N4O/c1-12(15-11-21(17(3,4)5)20-13(15)2)18-9-14-7-8-16(22-6)19-10-14/h7-8,10-12,18H,9H2,1-6H3/t12-/m0/s1. The van der Waals surface area contributed by atoms with Crippen molar-refractivity contribution >= 4 is 0 Å². The first-order valence-electron chi connectivity index (χ1n) is 7.60. The molecule has 0 unspecified atom stereocenters. The van der Waals surface area contributed by atoms with Gasteiger partial charge in [0.25, 0.3) is 0 Å². The van der Waals surface area contributed by atoms with E-state index in [4.69, 9.17) is 4.74 Å². The Morgan fingerprint density at radius 1 is 1.32 bits per heavy atom. The van der Waals surface area contributed by atoms with E-state index >= 15 is 0 Å². The Bertz CT molecular complexity index is 611. The Labute approximate surface area is 132 Å². The lowest BCUT2D eigenvalue weighted by Gasteiger charge is -2.19. The first-order chi connectivity index (χ1) is 10.3. The molecule has 1 N–H and O–H groups in total. The monoisotopic (exact) mass is 302 g/mol. The van der Waals surface area contributed by atoms with Crippen LogP contribution in [0.2, 0.25) is 0 Å². The second-order valence-electron chi connectivity index (χ2n) is 6.60. The Kier molecular flexibility index (Phi) is 4.86. The van der Waals surface area contributed by atoms with Crippen LogP contribution in [0.5, 0.6) is 5.88 Å². The van der Waals surface area contributed by atoms with Crippen LogP contribution in [-0.4, -0.2) is 21.9 Å². The molecule has 0 saturated carbocycles. The van der Waals surface area contributed by atoms with Gasteiger partial charge in [0.2, 0.25) is 5.88 Å². The minimum atomic E-state index is 0.00261. The number of methoxy groups -OCH3 is 1. The van der Waals surface area contributed by atoms with Crippen LogP contribution in [-0.2, 0) is 12.1 Å². The van der Waals surface area contributed by atoms with E-state index in [0.29, 0.717) is 5.88 Å². The summed E-state index contributed by atoms with van der Waals surface area (Å²) >= 11 is 0. The highest BCUT2D eigenvalue weighted by Crippen LogP contribution is 2.21. The molecule has 0 bridgehead atoms. The van der Waals surface area contributed by atoms with Crippen molar-refractivity contribution in [3.8, 4) is 5.88 Å². The molecule has 0 amide bonds. The molecule has 5 heteroatoms. The van der Waals surface area contributed by atoms with Crippen LogP contribution >= 0.6 is 0 Å². The third-order valence-corrected chi connectivity index (χ3v) is 3.71. The predicted octanol–water partition coefficient (Wildman–Crippen LogP) is 3.20. The first kappa shape index (κ1) is 16.5. The van der Waals surface area contributed by atoms with Crippen molar-refractivity contribution in [2.24, 2.45) is 0 Å². The summed E-state index contributed by atoms with van der Waals surface area (Å²) in [6.07, 6.45) is 3.98. The van der Waals surface area contributed by atoms with Gasteiger partial charge in [0, 0.05) is 36.6 Å². The summed E-state index contributed by atoms with van der Waals surface area (Å²) in [5.41, 5.74) is 3.44. The highest BCUT2D eigenvalue weighted by atomic mass is 16.5. The molecule has 5 nitrogen and oxygen atoms in total. The van der Waals surface area contributed by atoms with E-state index < -0.39 is 0 Å². The summed E-state index contributed by atoms with van der Waals surface area (Å²) in [7, 11) is 1.62. The van der Waals surface area contributed by atoms with Gasteiger partial charge in [0.05, 0.1) is 18.3 Å². The Morgan fingerprint density at radius 2 is 2.05 bits per heavy atom. The van der Waals surface area contributed by atoms with Crippen LogP contribution < -0.4 is 10.1 Å². The second kappa shape index (κ2) is 6.48. The number of pyridine rings is 1. The minimum Gasteiger partial charge on any atom is -0.481 e. The van der Waals surface area contributed by atoms with Gasteiger partial charge in [-0.05, 0) is 40.2 Å². The van der Waals surface area contributed by atoms with E-state index in [2.05, 4.69) is 56.2 Å². The quantitative estimate of drug-likeness (QED) is 0.921. The number of rotatable bonds is 5. The summed E-state index contributed by atoms with van der Waals surface area (Å²) in [6.45, 7) is 11.5. The van der Waals surface area contributed by atoms with Gasteiger partial charge in [-0.2, -0.15) is 5.10 Å². The van der Waals surface area contributed by atoms with Gasteiger partial charge < -0.3 is 10.1 Å². The fourth-order valence-corrected chi connectivity index (χ4v) is 2.26. The van der Waals surface area contributed by atoms with Gasteiger partial charge in [0.1, 0.15) is 0 Å². The van der Waals surface area contributed by atoms with Crippen LogP contribution in [0.25, 0.3) is 0 Å². The molecular formula is C17H26N4O. The number of aryl methyl sites for hydroxylation is 1. The van der Waals surface area contributed by atoms with Crippen molar-refractivity contribution in [1.29, 1.82) is 0 Å². The normalized spacial score (nSPS) is 13.2. The van der Waals surface area contributed by atoms with Crippen molar-refractivity contribution in [3.63, 3.8) is 0 Å². The maximum atomic E-state index is 5.07. The molecule has 0 radical (unpaired) electrons. The fourth-order valence-electron chi connectivity index (χ4n) is 2.26. The smallest absolute Gasteiger partial charge is 0.212 e. The lowest BCUT2D eigenvalue weighted by atomic mass is 10.1. The van der Waals surface area contributed by atoms with Crippen LogP contribution in [0.15, 0.2) is 24.5 Å². The SMILES string of the molecule is COc1ccc(CN[C@@H](C)c2cn(C(C)(C)C)nc2C)cn1. The molecule has 0 aromatic carbocycles. The number of aromatic nitrogens is 3. The van der Waals surface area contributed by atoms with Crippen LogP contribution in [0.3, 0.4) is 0 Å². The van der Waals surface area contributed by atoms with E-state index in [0.717, 1.165) is 17.8 Å². The fraction of sp³-hybridized carbons (Fsp3) is 0.529. The molecule has 1 atom stereocenters. The largest absolute Gasteiger partial charge is 0.481 e. The number of hydrogen-bond donors (Lipinski definition) is 1. The van der Waals surface area contributed by atoms with Gasteiger partial charge in [-0.1, -0.05) is 6.07 Å². The van der Waals surface area contributed by atoms with Crippen LogP contribution in [0.1, 0.15) is 50.6 Å². The van der Waals surface area contributed by atoms with Crippen molar-refractivity contribution < 1.29 is 4.74 Å². The molecule has 2 aromatic heterocycles. The van der Waals surface area contributed by atoms with E-state index in [-0.39, 0.29) is 11.6 Å². The Balaban J connectivity index is 2.02. The molecule has 2 aromatic rings. The van der Waals surface area contributed by atoms with Gasteiger partial charge >= 0.3 is 0 Å². The van der Waals surface area contributed by atoms with Gasteiger partial charge in [-0.15, -0.1) is 0 Å². The molecule has 120 valence electrons. The molecule has 22 heavy (non-hydrogen) atoms. The van der Waals surface area contributed by atoms with Crippen LogP contribution in [0.4, 0.5) is 0 Å². The molecular weight excluding hydrogens is 276 g/mol. The molecule has 0 saturated heterocycles.